The summed E-state index contributed by atoms with van der Waals surface area (Å²) in [5.74, 6) is -0.826. The summed E-state index contributed by atoms with van der Waals surface area (Å²) < 4.78 is 10.8. The second-order valence-electron chi connectivity index (χ2n) is 6.95. The van der Waals surface area contributed by atoms with E-state index in [4.69, 9.17) is 9.47 Å². The Morgan fingerprint density at radius 2 is 2.04 bits per heavy atom. The van der Waals surface area contributed by atoms with Gasteiger partial charge in [-0.25, -0.2) is 0 Å². The van der Waals surface area contributed by atoms with Crippen LogP contribution in [0.4, 0.5) is 0 Å². The highest BCUT2D eigenvalue weighted by Gasteiger charge is 2.43. The van der Waals surface area contributed by atoms with Crippen LogP contribution < -0.4 is 4.74 Å². The third-order valence-electron chi connectivity index (χ3n) is 4.49. The molecule has 2 rings (SSSR count). The number of hydrogen-bond donors (Lipinski definition) is 1. The van der Waals surface area contributed by atoms with Crippen LogP contribution in [-0.2, 0) is 14.3 Å². The van der Waals surface area contributed by atoms with Crippen molar-refractivity contribution in [1.29, 1.82) is 0 Å². The molecule has 6 heteroatoms. The van der Waals surface area contributed by atoms with Gasteiger partial charge >= 0.3 is 0 Å². The largest absolute Gasteiger partial charge is 0.503 e. The van der Waals surface area contributed by atoms with E-state index in [0.29, 0.717) is 31.9 Å². The Balaban J connectivity index is 2.43. The molecule has 0 aromatic heterocycles. The molecular formula is C21H29NO5. The summed E-state index contributed by atoms with van der Waals surface area (Å²) in [6.45, 7) is 7.01. The first-order valence-corrected chi connectivity index (χ1v) is 9.42. The maximum Gasteiger partial charge on any atom is 0.290 e. The normalized spacial score (nSPS) is 17.1. The lowest BCUT2D eigenvalue weighted by Crippen LogP contribution is -2.33. The van der Waals surface area contributed by atoms with Crippen LogP contribution in [0.1, 0.15) is 45.2 Å². The van der Waals surface area contributed by atoms with Gasteiger partial charge in [-0.05, 0) is 30.5 Å². The molecule has 0 saturated carbocycles. The minimum atomic E-state index is -0.616. The number of carbonyl (C=O) groups excluding carboxylic acids is 2. The number of nitrogens with zero attached hydrogens (tertiary/aromatic N) is 1. The third kappa shape index (κ3) is 4.69. The average Bonchev–Trinajstić information content (AvgIpc) is 2.91. The standard InChI is InChI=1S/C21H29NO5/c1-5-11-27-16-9-6-8-15(13-16)18-17(19(23)14(2)3)20(24)21(25)22(18)10-7-12-26-4/h6,8-9,13-14,18,24H,5,7,10-12H2,1-4H3. The second-order valence-corrected chi connectivity index (χ2v) is 6.95. The minimum absolute atomic E-state index is 0.167. The number of Topliss-reactive ketones (excluding diaryl/α,β-unsaturated/α-hetero) is 1. The SMILES string of the molecule is CCCOc1cccc(C2C(C(=O)C(C)C)=C(O)C(=O)N2CCCOC)c1. The van der Waals surface area contributed by atoms with E-state index in [1.54, 1.807) is 25.9 Å². The third-order valence-corrected chi connectivity index (χ3v) is 4.49. The molecule has 1 heterocycles. The van der Waals surface area contributed by atoms with Gasteiger partial charge in [0.15, 0.2) is 11.5 Å². The van der Waals surface area contributed by atoms with Crippen molar-refractivity contribution in [3.8, 4) is 5.75 Å². The maximum atomic E-state index is 12.8. The van der Waals surface area contributed by atoms with Crippen LogP contribution in [-0.4, -0.2) is 48.6 Å². The maximum absolute atomic E-state index is 12.8. The van der Waals surface area contributed by atoms with E-state index in [9.17, 15) is 14.7 Å². The number of methoxy groups -OCH3 is 1. The van der Waals surface area contributed by atoms with Crippen molar-refractivity contribution in [2.45, 2.75) is 39.7 Å². The Kier molecular flexibility index (Phi) is 7.42. The zero-order valence-electron chi connectivity index (χ0n) is 16.5. The molecule has 1 aliphatic rings. The number of aliphatic hydroxyl groups excluding tert-OH is 1. The summed E-state index contributed by atoms with van der Waals surface area (Å²) in [5, 5.41) is 10.5. The molecule has 1 N–H and O–H groups in total. The summed E-state index contributed by atoms with van der Waals surface area (Å²) in [6.07, 6.45) is 1.49. The zero-order chi connectivity index (χ0) is 20.0. The number of rotatable bonds is 10. The van der Waals surface area contributed by atoms with E-state index in [1.165, 1.54) is 0 Å². The van der Waals surface area contributed by atoms with E-state index in [2.05, 4.69) is 0 Å². The van der Waals surface area contributed by atoms with Gasteiger partial charge in [0.25, 0.3) is 5.91 Å². The van der Waals surface area contributed by atoms with Crippen LogP contribution in [0.2, 0.25) is 0 Å². The van der Waals surface area contributed by atoms with Crippen LogP contribution in [0.25, 0.3) is 0 Å². The quantitative estimate of drug-likeness (QED) is 0.634. The zero-order valence-corrected chi connectivity index (χ0v) is 16.5. The number of ketones is 1. The van der Waals surface area contributed by atoms with Gasteiger partial charge in [0, 0.05) is 26.2 Å². The molecule has 0 spiro atoms. The van der Waals surface area contributed by atoms with Gasteiger partial charge in [-0.1, -0.05) is 32.9 Å². The Morgan fingerprint density at radius 1 is 1.30 bits per heavy atom. The predicted octanol–water partition coefficient (Wildman–Crippen LogP) is 3.43. The molecule has 148 valence electrons. The van der Waals surface area contributed by atoms with Crippen molar-refractivity contribution in [3.05, 3.63) is 41.2 Å². The summed E-state index contributed by atoms with van der Waals surface area (Å²) in [4.78, 5) is 27.0. The Morgan fingerprint density at radius 3 is 2.67 bits per heavy atom. The number of carbonyl (C=O) groups is 2. The topological polar surface area (TPSA) is 76.1 Å². The Hall–Kier alpha value is -2.34. The first-order valence-electron chi connectivity index (χ1n) is 9.42. The van der Waals surface area contributed by atoms with Crippen LogP contribution in [0, 0.1) is 5.92 Å². The fourth-order valence-electron chi connectivity index (χ4n) is 3.17. The molecule has 1 unspecified atom stereocenters. The first kappa shape index (κ1) is 21.0. The van der Waals surface area contributed by atoms with Gasteiger partial charge in [-0.3, -0.25) is 9.59 Å². The fourth-order valence-corrected chi connectivity index (χ4v) is 3.17. The lowest BCUT2D eigenvalue weighted by molar-refractivity contribution is -0.129. The van der Waals surface area contributed by atoms with E-state index in [1.807, 2.05) is 31.2 Å². The number of benzene rings is 1. The molecule has 27 heavy (non-hydrogen) atoms. The molecule has 0 aliphatic carbocycles. The highest BCUT2D eigenvalue weighted by molar-refractivity contribution is 6.09. The number of aliphatic hydroxyl groups is 1. The fraction of sp³-hybridized carbons (Fsp3) is 0.524. The minimum Gasteiger partial charge on any atom is -0.503 e. The Labute approximate surface area is 160 Å². The van der Waals surface area contributed by atoms with Gasteiger partial charge in [0.05, 0.1) is 18.2 Å². The highest BCUT2D eigenvalue weighted by atomic mass is 16.5. The lowest BCUT2D eigenvalue weighted by atomic mass is 9.91. The van der Waals surface area contributed by atoms with Crippen LogP contribution in [0.5, 0.6) is 5.75 Å². The number of ether oxygens (including phenoxy) is 2. The van der Waals surface area contributed by atoms with Crippen molar-refractivity contribution < 1.29 is 24.2 Å². The molecule has 1 aromatic rings. The molecule has 0 bridgehead atoms. The summed E-state index contributed by atoms with van der Waals surface area (Å²) in [6, 6.07) is 6.76. The smallest absolute Gasteiger partial charge is 0.290 e. The first-order chi connectivity index (χ1) is 12.9. The number of hydrogen-bond acceptors (Lipinski definition) is 5. The van der Waals surface area contributed by atoms with Gasteiger partial charge in [0.1, 0.15) is 5.75 Å². The molecule has 1 amide bonds. The monoisotopic (exact) mass is 375 g/mol. The molecule has 1 aliphatic heterocycles. The molecule has 6 nitrogen and oxygen atoms in total. The molecular weight excluding hydrogens is 346 g/mol. The van der Waals surface area contributed by atoms with Gasteiger partial charge in [-0.15, -0.1) is 0 Å². The van der Waals surface area contributed by atoms with Gasteiger partial charge < -0.3 is 19.5 Å². The summed E-state index contributed by atoms with van der Waals surface area (Å²) in [7, 11) is 1.60. The molecule has 1 aromatic carbocycles. The van der Waals surface area contributed by atoms with E-state index in [-0.39, 0.29) is 17.3 Å². The van der Waals surface area contributed by atoms with Gasteiger partial charge in [-0.2, -0.15) is 0 Å². The van der Waals surface area contributed by atoms with Gasteiger partial charge in [0.2, 0.25) is 0 Å². The molecule has 1 atom stereocenters. The summed E-state index contributed by atoms with van der Waals surface area (Å²) >= 11 is 0. The van der Waals surface area contributed by atoms with E-state index in [0.717, 1.165) is 12.0 Å². The van der Waals surface area contributed by atoms with Crippen LogP contribution in [0.15, 0.2) is 35.6 Å². The lowest BCUT2D eigenvalue weighted by Gasteiger charge is -2.27. The highest BCUT2D eigenvalue weighted by Crippen LogP contribution is 2.39. The van der Waals surface area contributed by atoms with E-state index < -0.39 is 17.7 Å². The molecule has 0 radical (unpaired) electrons. The van der Waals surface area contributed by atoms with Crippen molar-refractivity contribution in [2.75, 3.05) is 26.9 Å². The Bertz CT molecular complexity index is 710. The predicted molar refractivity (Wildman–Crippen MR) is 103 cm³/mol. The summed E-state index contributed by atoms with van der Waals surface area (Å²) in [5.41, 5.74) is 0.919. The van der Waals surface area contributed by atoms with Crippen molar-refractivity contribution >= 4 is 11.7 Å². The average molecular weight is 375 g/mol. The van der Waals surface area contributed by atoms with Crippen molar-refractivity contribution in [2.24, 2.45) is 5.92 Å². The number of amides is 1. The van der Waals surface area contributed by atoms with E-state index >= 15 is 0 Å². The molecule has 0 saturated heterocycles. The van der Waals surface area contributed by atoms with Crippen molar-refractivity contribution in [1.82, 2.24) is 4.90 Å². The molecule has 0 fully saturated rings. The second kappa shape index (κ2) is 9.55. The van der Waals surface area contributed by atoms with Crippen molar-refractivity contribution in [3.63, 3.8) is 0 Å². The van der Waals surface area contributed by atoms with Crippen LogP contribution in [0.3, 0.4) is 0 Å². The van der Waals surface area contributed by atoms with Crippen LogP contribution >= 0.6 is 0 Å².